The van der Waals surface area contributed by atoms with Crippen LogP contribution in [0.1, 0.15) is 13.8 Å². The van der Waals surface area contributed by atoms with Crippen molar-refractivity contribution in [3.63, 3.8) is 0 Å². The fourth-order valence-electron chi connectivity index (χ4n) is 4.12. The molecule has 1 aromatic carbocycles. The van der Waals surface area contributed by atoms with Gasteiger partial charge in [-0.05, 0) is 26.0 Å². The van der Waals surface area contributed by atoms with Crippen LogP contribution in [0.25, 0.3) is 17.0 Å². The average Bonchev–Trinajstić information content (AvgIpc) is 3.11. The topological polar surface area (TPSA) is 94.6 Å². The summed E-state index contributed by atoms with van der Waals surface area (Å²) in [4.78, 5) is 18.9. The molecule has 158 valence electrons. The number of benzene rings is 1. The van der Waals surface area contributed by atoms with E-state index in [0.717, 1.165) is 42.3 Å². The van der Waals surface area contributed by atoms with Crippen LogP contribution in [0.3, 0.4) is 0 Å². The van der Waals surface area contributed by atoms with E-state index >= 15 is 0 Å². The summed E-state index contributed by atoms with van der Waals surface area (Å²) in [5, 5.41) is 0. The van der Waals surface area contributed by atoms with E-state index in [1.54, 1.807) is 0 Å². The van der Waals surface area contributed by atoms with Crippen LogP contribution in [0.2, 0.25) is 0 Å². The van der Waals surface area contributed by atoms with Gasteiger partial charge in [0.05, 0.1) is 43.0 Å². The van der Waals surface area contributed by atoms with Gasteiger partial charge in [-0.15, -0.1) is 0 Å². The Kier molecular flexibility index (Phi) is 4.92. The number of nitrogen functional groups attached to an aromatic ring is 1. The van der Waals surface area contributed by atoms with E-state index in [4.69, 9.17) is 25.2 Å². The van der Waals surface area contributed by atoms with Crippen LogP contribution in [0.4, 0.5) is 17.6 Å². The van der Waals surface area contributed by atoms with Crippen LogP contribution < -0.4 is 15.5 Å². The highest BCUT2D eigenvalue weighted by Gasteiger charge is 2.28. The number of nitrogens with two attached hydrogens (primary N) is 1. The second-order valence-electron chi connectivity index (χ2n) is 7.79. The van der Waals surface area contributed by atoms with Gasteiger partial charge in [0.15, 0.2) is 0 Å². The Morgan fingerprint density at radius 3 is 2.57 bits per heavy atom. The number of imidazole rings is 1. The van der Waals surface area contributed by atoms with E-state index in [9.17, 15) is 0 Å². The molecule has 0 saturated carbocycles. The number of hydrogen-bond acceptors (Lipinski definition) is 8. The van der Waals surface area contributed by atoms with Crippen LogP contribution in [-0.4, -0.2) is 71.1 Å². The lowest BCUT2D eigenvalue weighted by atomic mass is 10.1. The van der Waals surface area contributed by atoms with Crippen LogP contribution >= 0.6 is 0 Å². The van der Waals surface area contributed by atoms with Crippen molar-refractivity contribution in [3.05, 3.63) is 30.3 Å². The summed E-state index contributed by atoms with van der Waals surface area (Å²) in [6.07, 6.45) is 0.128. The second kappa shape index (κ2) is 7.73. The van der Waals surface area contributed by atoms with Crippen LogP contribution in [-0.2, 0) is 9.47 Å². The van der Waals surface area contributed by atoms with Gasteiger partial charge in [0.1, 0.15) is 11.6 Å². The Labute approximate surface area is 175 Å². The molecule has 0 radical (unpaired) electrons. The van der Waals surface area contributed by atoms with Crippen molar-refractivity contribution >= 4 is 28.6 Å². The Morgan fingerprint density at radius 2 is 1.73 bits per heavy atom. The lowest BCUT2D eigenvalue weighted by Crippen LogP contribution is -2.49. The molecule has 5 rings (SSSR count). The zero-order valence-electron chi connectivity index (χ0n) is 17.4. The third-order valence-electron chi connectivity index (χ3n) is 5.99. The highest BCUT2D eigenvalue weighted by Crippen LogP contribution is 2.28. The summed E-state index contributed by atoms with van der Waals surface area (Å²) in [5.41, 5.74) is 8.01. The molecule has 0 amide bonds. The Morgan fingerprint density at radius 1 is 0.967 bits per heavy atom. The second-order valence-corrected chi connectivity index (χ2v) is 7.79. The standard InChI is InChI=1S/C21H27N7O2/c1-14-15(2)30-12-9-27(14)19-13-18(26-7-10-29-11-8-26)24-21(25-19)28-17-6-4-3-5-16(17)23-20(28)22/h3-6,13-15H,7-12H2,1-2H3,(H2,22,23)/t14-,15-/m0/s1. The van der Waals surface area contributed by atoms with Crippen LogP contribution in [0.15, 0.2) is 30.3 Å². The maximum absolute atomic E-state index is 6.30. The Bertz CT molecular complexity index is 1050. The molecule has 30 heavy (non-hydrogen) atoms. The van der Waals surface area contributed by atoms with Crippen molar-refractivity contribution in [2.24, 2.45) is 0 Å². The summed E-state index contributed by atoms with van der Waals surface area (Å²) >= 11 is 0. The highest BCUT2D eigenvalue weighted by atomic mass is 16.5. The lowest BCUT2D eigenvalue weighted by molar-refractivity contribution is 0.0281. The minimum atomic E-state index is 0.128. The average molecular weight is 409 g/mol. The molecule has 0 bridgehead atoms. The first-order valence-electron chi connectivity index (χ1n) is 10.4. The van der Waals surface area contributed by atoms with Gasteiger partial charge in [-0.25, -0.2) is 9.55 Å². The molecule has 0 aliphatic carbocycles. The van der Waals surface area contributed by atoms with Crippen molar-refractivity contribution in [2.45, 2.75) is 26.0 Å². The molecule has 2 N–H and O–H groups in total. The van der Waals surface area contributed by atoms with E-state index in [1.165, 1.54) is 0 Å². The summed E-state index contributed by atoms with van der Waals surface area (Å²) in [7, 11) is 0. The maximum atomic E-state index is 6.30. The number of hydrogen-bond donors (Lipinski definition) is 1. The van der Waals surface area contributed by atoms with Gasteiger partial charge >= 0.3 is 0 Å². The number of anilines is 3. The summed E-state index contributed by atoms with van der Waals surface area (Å²) < 4.78 is 13.2. The molecule has 0 unspecified atom stereocenters. The predicted molar refractivity (Wildman–Crippen MR) is 116 cm³/mol. The first kappa shape index (κ1) is 19.1. The first-order chi connectivity index (χ1) is 14.6. The van der Waals surface area contributed by atoms with Crippen molar-refractivity contribution in [1.82, 2.24) is 19.5 Å². The number of fused-ring (bicyclic) bond motifs is 1. The molecule has 4 heterocycles. The fourth-order valence-corrected chi connectivity index (χ4v) is 4.12. The fraction of sp³-hybridized carbons (Fsp3) is 0.476. The number of aromatic nitrogens is 4. The maximum Gasteiger partial charge on any atom is 0.241 e. The van der Waals surface area contributed by atoms with E-state index in [0.29, 0.717) is 31.7 Å². The molecule has 2 fully saturated rings. The van der Waals surface area contributed by atoms with Crippen molar-refractivity contribution in [2.75, 3.05) is 55.0 Å². The minimum Gasteiger partial charge on any atom is -0.378 e. The summed E-state index contributed by atoms with van der Waals surface area (Å²) in [6, 6.07) is 10.1. The molecule has 9 nitrogen and oxygen atoms in total. The number of rotatable bonds is 3. The van der Waals surface area contributed by atoms with E-state index in [1.807, 2.05) is 28.8 Å². The molecule has 2 aliphatic rings. The van der Waals surface area contributed by atoms with Crippen LogP contribution in [0.5, 0.6) is 0 Å². The molecular formula is C21H27N7O2. The van der Waals surface area contributed by atoms with Gasteiger partial charge in [0.2, 0.25) is 11.9 Å². The Hall–Kier alpha value is -2.91. The quantitative estimate of drug-likeness (QED) is 0.700. The smallest absolute Gasteiger partial charge is 0.241 e. The first-order valence-corrected chi connectivity index (χ1v) is 10.4. The predicted octanol–water partition coefficient (Wildman–Crippen LogP) is 1.85. The summed E-state index contributed by atoms with van der Waals surface area (Å²) in [6.45, 7) is 8.70. The molecule has 9 heteroatoms. The van der Waals surface area contributed by atoms with Gasteiger partial charge in [-0.1, -0.05) is 12.1 Å². The largest absolute Gasteiger partial charge is 0.378 e. The van der Waals surface area contributed by atoms with Gasteiger partial charge in [-0.3, -0.25) is 0 Å². The molecule has 2 saturated heterocycles. The minimum absolute atomic E-state index is 0.128. The summed E-state index contributed by atoms with van der Waals surface area (Å²) in [5.74, 6) is 2.67. The van der Waals surface area contributed by atoms with Crippen molar-refractivity contribution in [3.8, 4) is 5.95 Å². The van der Waals surface area contributed by atoms with Crippen molar-refractivity contribution in [1.29, 1.82) is 0 Å². The normalized spacial score (nSPS) is 22.6. The van der Waals surface area contributed by atoms with E-state index < -0.39 is 0 Å². The molecule has 2 aromatic heterocycles. The molecular weight excluding hydrogens is 382 g/mol. The third kappa shape index (κ3) is 3.33. The Balaban J connectivity index is 1.65. The molecule has 3 aromatic rings. The zero-order chi connectivity index (χ0) is 20.7. The molecule has 0 spiro atoms. The lowest BCUT2D eigenvalue weighted by Gasteiger charge is -2.39. The number of nitrogens with zero attached hydrogens (tertiary/aromatic N) is 6. The van der Waals surface area contributed by atoms with E-state index in [-0.39, 0.29) is 12.1 Å². The zero-order valence-corrected chi connectivity index (χ0v) is 17.4. The molecule has 2 aliphatic heterocycles. The van der Waals surface area contributed by atoms with Gasteiger partial charge < -0.3 is 25.0 Å². The van der Waals surface area contributed by atoms with Crippen molar-refractivity contribution < 1.29 is 9.47 Å². The number of ether oxygens (including phenoxy) is 2. The number of morpholine rings is 2. The van der Waals surface area contributed by atoms with E-state index in [2.05, 4.69) is 34.7 Å². The van der Waals surface area contributed by atoms with Gasteiger partial charge in [-0.2, -0.15) is 9.97 Å². The van der Waals surface area contributed by atoms with Crippen LogP contribution in [0, 0.1) is 0 Å². The van der Waals surface area contributed by atoms with Gasteiger partial charge in [0.25, 0.3) is 0 Å². The highest BCUT2D eigenvalue weighted by molar-refractivity contribution is 5.80. The third-order valence-corrected chi connectivity index (χ3v) is 5.99. The van der Waals surface area contributed by atoms with Gasteiger partial charge in [0, 0.05) is 25.7 Å². The number of para-hydroxylation sites is 2. The SMILES string of the molecule is C[C@@H]1OCCN(c2cc(N3CCOCC3)nc(-n3c(N)nc4ccccc43)n2)[C@H]1C. The molecule has 2 atom stereocenters. The monoisotopic (exact) mass is 409 g/mol.